The molecular formula is C22H19N3O3. The number of rotatable bonds is 5. The van der Waals surface area contributed by atoms with Crippen molar-refractivity contribution in [3.63, 3.8) is 0 Å². The Labute approximate surface area is 161 Å². The highest BCUT2D eigenvalue weighted by Crippen LogP contribution is 2.23. The number of hydrogen-bond donors (Lipinski definition) is 3. The minimum atomic E-state index is -0.380. The molecule has 1 aromatic heterocycles. The van der Waals surface area contributed by atoms with Crippen molar-refractivity contribution >= 4 is 16.8 Å². The molecule has 0 aliphatic carbocycles. The fraction of sp³-hybridized carbons (Fsp3) is 0.0909. The number of nitrogens with zero attached hydrogens (tertiary/aromatic N) is 2. The van der Waals surface area contributed by atoms with Crippen molar-refractivity contribution in [2.24, 2.45) is 0 Å². The zero-order chi connectivity index (χ0) is 19.7. The maximum absolute atomic E-state index is 12.8. The number of para-hydroxylation sites is 2. The Morgan fingerprint density at radius 3 is 2.21 bits per heavy atom. The van der Waals surface area contributed by atoms with E-state index < -0.39 is 0 Å². The predicted octanol–water partition coefficient (Wildman–Crippen LogP) is 3.26. The van der Waals surface area contributed by atoms with Crippen molar-refractivity contribution in [2.45, 2.75) is 13.1 Å². The molecule has 3 aromatic carbocycles. The van der Waals surface area contributed by atoms with Gasteiger partial charge in [-0.1, -0.05) is 42.5 Å². The van der Waals surface area contributed by atoms with Crippen molar-refractivity contribution in [2.75, 3.05) is 0 Å². The highest BCUT2D eigenvalue weighted by Gasteiger charge is 2.17. The third-order valence-corrected chi connectivity index (χ3v) is 4.74. The van der Waals surface area contributed by atoms with Crippen LogP contribution in [-0.2, 0) is 13.1 Å². The lowest BCUT2D eigenvalue weighted by Gasteiger charge is -2.07. The van der Waals surface area contributed by atoms with Crippen LogP contribution in [0.4, 0.5) is 0 Å². The summed E-state index contributed by atoms with van der Waals surface area (Å²) in [7, 11) is 0. The van der Waals surface area contributed by atoms with E-state index in [-0.39, 0.29) is 35.0 Å². The van der Waals surface area contributed by atoms with Crippen LogP contribution in [0.2, 0.25) is 0 Å². The third-order valence-electron chi connectivity index (χ3n) is 4.74. The normalized spacial score (nSPS) is 11.0. The second kappa shape index (κ2) is 7.08. The molecule has 0 aliphatic rings. The first-order valence-corrected chi connectivity index (χ1v) is 8.86. The van der Waals surface area contributed by atoms with E-state index in [4.69, 9.17) is 5.41 Å². The molecule has 1 heterocycles. The third kappa shape index (κ3) is 3.16. The van der Waals surface area contributed by atoms with Gasteiger partial charge in [0.25, 0.3) is 0 Å². The van der Waals surface area contributed by atoms with Gasteiger partial charge >= 0.3 is 0 Å². The largest absolute Gasteiger partial charge is 0.508 e. The molecule has 6 nitrogen and oxygen atoms in total. The van der Waals surface area contributed by atoms with Crippen LogP contribution in [0.1, 0.15) is 15.9 Å². The minimum Gasteiger partial charge on any atom is -0.508 e. The number of phenols is 2. The van der Waals surface area contributed by atoms with Crippen LogP contribution in [0.25, 0.3) is 11.0 Å². The van der Waals surface area contributed by atoms with Crippen LogP contribution < -0.4 is 5.62 Å². The number of carbonyl (C=O) groups excluding carboxylic acids is 1. The quantitative estimate of drug-likeness (QED) is 0.370. The lowest BCUT2D eigenvalue weighted by molar-refractivity contribution is 0.0968. The summed E-state index contributed by atoms with van der Waals surface area (Å²) >= 11 is 0. The van der Waals surface area contributed by atoms with E-state index in [1.54, 1.807) is 4.57 Å². The van der Waals surface area contributed by atoms with Crippen LogP contribution in [-0.4, -0.2) is 25.1 Å². The van der Waals surface area contributed by atoms with Crippen molar-refractivity contribution in [3.8, 4) is 11.5 Å². The summed E-state index contributed by atoms with van der Waals surface area (Å²) in [6, 6.07) is 21.2. The molecule has 0 saturated carbocycles. The number of imidazole rings is 1. The summed E-state index contributed by atoms with van der Waals surface area (Å²) in [5.74, 6) is -0.666. The highest BCUT2D eigenvalue weighted by molar-refractivity contribution is 5.99. The Kier molecular flexibility index (Phi) is 4.45. The number of fused-ring (bicyclic) bond motifs is 1. The average Bonchev–Trinajstić information content (AvgIpc) is 2.96. The lowest BCUT2D eigenvalue weighted by atomic mass is 10.1. The Bertz CT molecular complexity index is 1220. The highest BCUT2D eigenvalue weighted by atomic mass is 16.3. The SMILES string of the molecule is N=c1n(CC(=O)c2cc(O)ccc2O)c2ccccc2n1Cc1ccccc1. The van der Waals surface area contributed by atoms with E-state index in [0.717, 1.165) is 16.6 Å². The zero-order valence-corrected chi connectivity index (χ0v) is 15.0. The molecule has 4 aromatic rings. The molecule has 0 amide bonds. The van der Waals surface area contributed by atoms with Crippen LogP contribution in [0.5, 0.6) is 11.5 Å². The molecule has 0 bridgehead atoms. The molecule has 0 saturated heterocycles. The number of carbonyl (C=O) groups is 1. The summed E-state index contributed by atoms with van der Waals surface area (Å²) in [5.41, 5.74) is 2.89. The van der Waals surface area contributed by atoms with Crippen molar-refractivity contribution in [1.82, 2.24) is 9.13 Å². The molecule has 0 aliphatic heterocycles. The monoisotopic (exact) mass is 373 g/mol. The zero-order valence-electron chi connectivity index (χ0n) is 15.0. The summed E-state index contributed by atoms with van der Waals surface area (Å²) < 4.78 is 3.46. The van der Waals surface area contributed by atoms with Crippen molar-refractivity contribution in [3.05, 3.63) is 89.5 Å². The first kappa shape index (κ1) is 17.6. The fourth-order valence-electron chi connectivity index (χ4n) is 3.36. The number of hydrogen-bond acceptors (Lipinski definition) is 4. The number of phenolic OH excluding ortho intramolecular Hbond substituents is 2. The Balaban J connectivity index is 1.77. The molecule has 4 rings (SSSR count). The van der Waals surface area contributed by atoms with Gasteiger partial charge in [0.2, 0.25) is 5.62 Å². The summed E-state index contributed by atoms with van der Waals surface area (Å²) in [4.78, 5) is 12.8. The van der Waals surface area contributed by atoms with Gasteiger partial charge in [0, 0.05) is 0 Å². The van der Waals surface area contributed by atoms with Gasteiger partial charge < -0.3 is 19.3 Å². The molecule has 28 heavy (non-hydrogen) atoms. The minimum absolute atomic E-state index is 0.0341. The maximum atomic E-state index is 12.8. The summed E-state index contributed by atoms with van der Waals surface area (Å²) in [6.45, 7) is 0.400. The summed E-state index contributed by atoms with van der Waals surface area (Å²) in [5, 5.41) is 28.2. The standard InChI is InChI=1S/C22H19N3O3/c23-22-24(13-15-6-2-1-3-7-15)18-8-4-5-9-19(18)25(22)14-21(28)17-12-16(26)10-11-20(17)27/h1-12,23,26-27H,13-14H2. The smallest absolute Gasteiger partial charge is 0.203 e. The Morgan fingerprint density at radius 2 is 1.50 bits per heavy atom. The number of benzene rings is 3. The topological polar surface area (TPSA) is 91.2 Å². The van der Waals surface area contributed by atoms with Gasteiger partial charge in [-0.25, -0.2) is 0 Å². The van der Waals surface area contributed by atoms with Gasteiger partial charge in [-0.05, 0) is 35.9 Å². The van der Waals surface area contributed by atoms with Crippen molar-refractivity contribution in [1.29, 1.82) is 5.41 Å². The molecule has 6 heteroatoms. The van der Waals surface area contributed by atoms with E-state index in [0.29, 0.717) is 6.54 Å². The lowest BCUT2D eigenvalue weighted by Crippen LogP contribution is -2.27. The number of aromatic nitrogens is 2. The first-order valence-electron chi connectivity index (χ1n) is 8.86. The van der Waals surface area contributed by atoms with Crippen molar-refractivity contribution < 1.29 is 15.0 Å². The number of nitrogens with one attached hydrogen (secondary N) is 1. The molecule has 0 radical (unpaired) electrons. The van der Waals surface area contributed by atoms with Gasteiger partial charge in [-0.15, -0.1) is 0 Å². The second-order valence-corrected chi connectivity index (χ2v) is 6.59. The molecule has 0 atom stereocenters. The van der Waals surface area contributed by atoms with Gasteiger partial charge in [0.1, 0.15) is 11.5 Å². The van der Waals surface area contributed by atoms with Crippen LogP contribution in [0.15, 0.2) is 72.8 Å². The summed E-state index contributed by atoms with van der Waals surface area (Å²) in [6.07, 6.45) is 0. The Morgan fingerprint density at radius 1 is 0.857 bits per heavy atom. The predicted molar refractivity (Wildman–Crippen MR) is 105 cm³/mol. The van der Waals surface area contributed by atoms with Gasteiger partial charge in [-0.2, -0.15) is 0 Å². The number of Topliss-reactive ketones (excluding diaryl/α,β-unsaturated/α-hetero) is 1. The van der Waals surface area contributed by atoms with E-state index in [9.17, 15) is 15.0 Å². The van der Waals surface area contributed by atoms with E-state index in [1.165, 1.54) is 18.2 Å². The molecule has 140 valence electrons. The van der Waals surface area contributed by atoms with Gasteiger partial charge in [0.05, 0.1) is 29.7 Å². The van der Waals surface area contributed by atoms with Crippen LogP contribution in [0.3, 0.4) is 0 Å². The van der Waals surface area contributed by atoms with Crippen LogP contribution in [0, 0.1) is 5.41 Å². The van der Waals surface area contributed by atoms with Crippen LogP contribution >= 0.6 is 0 Å². The van der Waals surface area contributed by atoms with E-state index >= 15 is 0 Å². The first-order chi connectivity index (χ1) is 13.5. The fourth-order valence-corrected chi connectivity index (χ4v) is 3.36. The Hall–Kier alpha value is -3.80. The molecule has 0 spiro atoms. The maximum Gasteiger partial charge on any atom is 0.203 e. The average molecular weight is 373 g/mol. The number of aromatic hydroxyl groups is 2. The van der Waals surface area contributed by atoms with Gasteiger partial charge in [-0.3, -0.25) is 10.2 Å². The molecule has 0 unspecified atom stereocenters. The van der Waals surface area contributed by atoms with E-state index in [2.05, 4.69) is 0 Å². The van der Waals surface area contributed by atoms with E-state index in [1.807, 2.05) is 59.2 Å². The number of ketones is 1. The molecular weight excluding hydrogens is 354 g/mol. The van der Waals surface area contributed by atoms with Gasteiger partial charge in [0.15, 0.2) is 5.78 Å². The molecule has 0 fully saturated rings. The molecule has 3 N–H and O–H groups in total. The second-order valence-electron chi connectivity index (χ2n) is 6.59.